The van der Waals surface area contributed by atoms with Crippen molar-refractivity contribution < 1.29 is 13.2 Å². The predicted molar refractivity (Wildman–Crippen MR) is 67.3 cm³/mol. The van der Waals surface area contributed by atoms with Gasteiger partial charge in [0.25, 0.3) is 0 Å². The average Bonchev–Trinajstić information content (AvgIpc) is 2.57. The first-order chi connectivity index (χ1) is 7.96. The van der Waals surface area contributed by atoms with Crippen molar-refractivity contribution in [3.05, 3.63) is 0 Å². The summed E-state index contributed by atoms with van der Waals surface area (Å²) in [5.74, 6) is 0.290. The molecule has 1 amide bonds. The summed E-state index contributed by atoms with van der Waals surface area (Å²) in [5, 5.41) is 2.86. The van der Waals surface area contributed by atoms with Crippen LogP contribution in [-0.4, -0.2) is 38.4 Å². The molecule has 100 valence electrons. The third-order valence-corrected chi connectivity index (χ3v) is 4.92. The first-order valence-electron chi connectivity index (χ1n) is 6.16. The first kappa shape index (κ1) is 14.4. The van der Waals surface area contributed by atoms with Crippen molar-refractivity contribution in [3.8, 4) is 0 Å². The molecule has 0 aliphatic carbocycles. The molecule has 1 rings (SSSR count). The van der Waals surface area contributed by atoms with Gasteiger partial charge in [-0.2, -0.15) is 0 Å². The standard InChI is InChI=1S/C11H22N2O3S/c1-2-3-10(7-12)13-11(14)6-9-4-5-17(15,16)8-9/h9-10H,2-8,12H2,1H3,(H,13,14). The van der Waals surface area contributed by atoms with Crippen LogP contribution in [0.25, 0.3) is 0 Å². The second-order valence-electron chi connectivity index (χ2n) is 4.76. The average molecular weight is 262 g/mol. The normalized spacial score (nSPS) is 24.5. The third-order valence-electron chi connectivity index (χ3n) is 3.09. The number of hydrogen-bond donors (Lipinski definition) is 2. The first-order valence-corrected chi connectivity index (χ1v) is 7.99. The fraction of sp³-hybridized carbons (Fsp3) is 0.909. The molecule has 0 spiro atoms. The van der Waals surface area contributed by atoms with Gasteiger partial charge in [-0.25, -0.2) is 8.42 Å². The number of nitrogens with one attached hydrogen (secondary N) is 1. The molecule has 0 aromatic heterocycles. The lowest BCUT2D eigenvalue weighted by Crippen LogP contribution is -2.40. The monoisotopic (exact) mass is 262 g/mol. The van der Waals surface area contributed by atoms with E-state index < -0.39 is 9.84 Å². The summed E-state index contributed by atoms with van der Waals surface area (Å²) in [6.07, 6.45) is 2.75. The number of carbonyl (C=O) groups is 1. The van der Waals surface area contributed by atoms with Crippen LogP contribution >= 0.6 is 0 Å². The highest BCUT2D eigenvalue weighted by Gasteiger charge is 2.29. The summed E-state index contributed by atoms with van der Waals surface area (Å²) in [6.45, 7) is 2.47. The van der Waals surface area contributed by atoms with Gasteiger partial charge in [-0.05, 0) is 18.8 Å². The summed E-state index contributed by atoms with van der Waals surface area (Å²) in [4.78, 5) is 11.7. The van der Waals surface area contributed by atoms with Crippen LogP contribution in [-0.2, 0) is 14.6 Å². The lowest BCUT2D eigenvalue weighted by Gasteiger charge is -2.17. The van der Waals surface area contributed by atoms with Crippen LogP contribution in [0, 0.1) is 5.92 Å². The third kappa shape index (κ3) is 5.04. The van der Waals surface area contributed by atoms with E-state index in [9.17, 15) is 13.2 Å². The topological polar surface area (TPSA) is 89.3 Å². The van der Waals surface area contributed by atoms with Crippen molar-refractivity contribution in [2.24, 2.45) is 11.7 Å². The van der Waals surface area contributed by atoms with Crippen molar-refractivity contribution in [1.82, 2.24) is 5.32 Å². The van der Waals surface area contributed by atoms with E-state index in [1.165, 1.54) is 0 Å². The summed E-state index contributed by atoms with van der Waals surface area (Å²) >= 11 is 0. The number of rotatable bonds is 6. The SMILES string of the molecule is CCCC(CN)NC(=O)CC1CCS(=O)(=O)C1. The van der Waals surface area contributed by atoms with Gasteiger partial charge in [0, 0.05) is 19.0 Å². The zero-order valence-corrected chi connectivity index (χ0v) is 11.1. The quantitative estimate of drug-likeness (QED) is 0.708. The molecule has 0 aromatic carbocycles. The summed E-state index contributed by atoms with van der Waals surface area (Å²) in [7, 11) is -2.89. The van der Waals surface area contributed by atoms with Crippen LogP contribution < -0.4 is 11.1 Å². The lowest BCUT2D eigenvalue weighted by atomic mass is 10.0. The summed E-state index contributed by atoms with van der Waals surface area (Å²) < 4.78 is 22.5. The Morgan fingerprint density at radius 2 is 2.24 bits per heavy atom. The van der Waals surface area contributed by atoms with Gasteiger partial charge in [0.15, 0.2) is 9.84 Å². The van der Waals surface area contributed by atoms with E-state index in [0.717, 1.165) is 12.8 Å². The number of sulfone groups is 1. The maximum atomic E-state index is 11.7. The van der Waals surface area contributed by atoms with Gasteiger partial charge >= 0.3 is 0 Å². The molecule has 3 N–H and O–H groups in total. The second-order valence-corrected chi connectivity index (χ2v) is 6.99. The highest BCUT2D eigenvalue weighted by atomic mass is 32.2. The van der Waals surface area contributed by atoms with E-state index in [1.807, 2.05) is 6.92 Å². The minimum absolute atomic E-state index is 0.0138. The molecule has 1 aliphatic heterocycles. The van der Waals surface area contributed by atoms with Crippen molar-refractivity contribution in [2.45, 2.75) is 38.6 Å². The predicted octanol–water partition coefficient (Wildman–Crippen LogP) is 0.0548. The van der Waals surface area contributed by atoms with Crippen molar-refractivity contribution in [3.63, 3.8) is 0 Å². The van der Waals surface area contributed by atoms with E-state index in [-0.39, 0.29) is 29.4 Å². The van der Waals surface area contributed by atoms with Gasteiger partial charge in [0.05, 0.1) is 11.5 Å². The van der Waals surface area contributed by atoms with Crippen LogP contribution in [0.2, 0.25) is 0 Å². The minimum Gasteiger partial charge on any atom is -0.352 e. The summed E-state index contributed by atoms with van der Waals surface area (Å²) in [5.41, 5.74) is 5.55. The molecule has 0 radical (unpaired) electrons. The van der Waals surface area contributed by atoms with Gasteiger partial charge in [0.1, 0.15) is 0 Å². The highest BCUT2D eigenvalue weighted by molar-refractivity contribution is 7.91. The molecular weight excluding hydrogens is 240 g/mol. The molecule has 5 nitrogen and oxygen atoms in total. The molecule has 2 unspecified atom stereocenters. The molecule has 6 heteroatoms. The van der Waals surface area contributed by atoms with Crippen LogP contribution in [0.5, 0.6) is 0 Å². The fourth-order valence-corrected chi connectivity index (χ4v) is 4.04. The number of carbonyl (C=O) groups excluding carboxylic acids is 1. The van der Waals surface area contributed by atoms with Gasteiger partial charge in [-0.3, -0.25) is 4.79 Å². The molecule has 0 aromatic rings. The Kier molecular flexibility index (Phi) is 5.39. The second kappa shape index (κ2) is 6.35. The van der Waals surface area contributed by atoms with E-state index in [4.69, 9.17) is 5.73 Å². The van der Waals surface area contributed by atoms with Crippen LogP contribution in [0.4, 0.5) is 0 Å². The Labute approximate surface area is 103 Å². The van der Waals surface area contributed by atoms with Crippen LogP contribution in [0.3, 0.4) is 0 Å². The zero-order chi connectivity index (χ0) is 12.9. The molecule has 1 heterocycles. The molecule has 17 heavy (non-hydrogen) atoms. The molecule has 2 atom stereocenters. The zero-order valence-electron chi connectivity index (χ0n) is 10.3. The van der Waals surface area contributed by atoms with Crippen LogP contribution in [0.15, 0.2) is 0 Å². The fourth-order valence-electron chi connectivity index (χ4n) is 2.18. The van der Waals surface area contributed by atoms with Crippen LogP contribution in [0.1, 0.15) is 32.6 Å². The van der Waals surface area contributed by atoms with E-state index in [1.54, 1.807) is 0 Å². The molecule has 0 bridgehead atoms. The van der Waals surface area contributed by atoms with Gasteiger partial charge in [-0.15, -0.1) is 0 Å². The molecule has 0 saturated carbocycles. The largest absolute Gasteiger partial charge is 0.352 e. The Bertz CT molecular complexity index is 354. The molecule has 1 fully saturated rings. The smallest absolute Gasteiger partial charge is 0.220 e. The van der Waals surface area contributed by atoms with Gasteiger partial charge < -0.3 is 11.1 Å². The Balaban J connectivity index is 2.34. The maximum absolute atomic E-state index is 11.7. The van der Waals surface area contributed by atoms with Crippen molar-refractivity contribution in [2.75, 3.05) is 18.1 Å². The number of hydrogen-bond acceptors (Lipinski definition) is 4. The summed E-state index contributed by atoms with van der Waals surface area (Å²) in [6, 6.07) is 0.0190. The highest BCUT2D eigenvalue weighted by Crippen LogP contribution is 2.21. The van der Waals surface area contributed by atoms with E-state index in [0.29, 0.717) is 19.4 Å². The molecular formula is C11H22N2O3S. The van der Waals surface area contributed by atoms with Gasteiger partial charge in [0.2, 0.25) is 5.91 Å². The van der Waals surface area contributed by atoms with E-state index in [2.05, 4.69) is 5.32 Å². The maximum Gasteiger partial charge on any atom is 0.220 e. The lowest BCUT2D eigenvalue weighted by molar-refractivity contribution is -0.122. The molecule has 1 saturated heterocycles. The Hall–Kier alpha value is -0.620. The van der Waals surface area contributed by atoms with E-state index >= 15 is 0 Å². The molecule has 1 aliphatic rings. The van der Waals surface area contributed by atoms with Crippen molar-refractivity contribution >= 4 is 15.7 Å². The Morgan fingerprint density at radius 3 is 2.71 bits per heavy atom. The number of amides is 1. The minimum atomic E-state index is -2.89. The van der Waals surface area contributed by atoms with Gasteiger partial charge in [-0.1, -0.05) is 13.3 Å². The number of nitrogens with two attached hydrogens (primary N) is 1. The van der Waals surface area contributed by atoms with Crippen molar-refractivity contribution in [1.29, 1.82) is 0 Å². The Morgan fingerprint density at radius 1 is 1.53 bits per heavy atom.